The Kier molecular flexibility index (Phi) is 5.17. The third kappa shape index (κ3) is 3.31. The van der Waals surface area contributed by atoms with Crippen molar-refractivity contribution in [1.29, 1.82) is 0 Å². The maximum Gasteiger partial charge on any atom is 0.245 e. The molecule has 0 aliphatic heterocycles. The molecule has 0 amide bonds. The number of sulfone groups is 1. The highest BCUT2D eigenvalue weighted by Gasteiger charge is 2.26. The van der Waals surface area contributed by atoms with Crippen molar-refractivity contribution in [3.63, 3.8) is 0 Å². The Labute approximate surface area is 120 Å². The first kappa shape index (κ1) is 16.9. The van der Waals surface area contributed by atoms with Crippen LogP contribution in [-0.2, 0) is 19.9 Å². The van der Waals surface area contributed by atoms with Gasteiger partial charge in [-0.05, 0) is 18.2 Å². The standard InChI is InChI=1S/C12H20N2O4S2/c1-5-14(6-2)20(17,18)12-9-10(19(4,15)16)7-8-11(12)13-3/h7-9,13H,5-6H2,1-4H3. The molecule has 1 rings (SSSR count). The van der Waals surface area contributed by atoms with Crippen LogP contribution in [0.3, 0.4) is 0 Å². The van der Waals surface area contributed by atoms with Crippen LogP contribution in [0.15, 0.2) is 28.0 Å². The molecule has 1 aromatic carbocycles. The maximum atomic E-state index is 12.5. The van der Waals surface area contributed by atoms with E-state index >= 15 is 0 Å². The smallest absolute Gasteiger partial charge is 0.245 e. The Morgan fingerprint density at radius 1 is 1.10 bits per heavy atom. The van der Waals surface area contributed by atoms with Gasteiger partial charge < -0.3 is 5.32 Å². The Balaban J connectivity index is 3.57. The van der Waals surface area contributed by atoms with Crippen LogP contribution in [0, 0.1) is 0 Å². The van der Waals surface area contributed by atoms with Gasteiger partial charge in [-0.1, -0.05) is 13.8 Å². The fourth-order valence-corrected chi connectivity index (χ4v) is 4.26. The van der Waals surface area contributed by atoms with Crippen molar-refractivity contribution < 1.29 is 16.8 Å². The summed E-state index contributed by atoms with van der Waals surface area (Å²) in [7, 11) is -5.59. The van der Waals surface area contributed by atoms with E-state index in [0.717, 1.165) is 6.26 Å². The molecular formula is C12H20N2O4S2. The summed E-state index contributed by atoms with van der Waals surface area (Å²) in [6, 6.07) is 4.06. The zero-order chi connectivity index (χ0) is 15.6. The fraction of sp³-hybridized carbons (Fsp3) is 0.500. The van der Waals surface area contributed by atoms with Crippen LogP contribution in [0.4, 0.5) is 5.69 Å². The van der Waals surface area contributed by atoms with Gasteiger partial charge in [-0.3, -0.25) is 0 Å². The largest absolute Gasteiger partial charge is 0.387 e. The highest BCUT2D eigenvalue weighted by Crippen LogP contribution is 2.27. The number of nitrogens with one attached hydrogen (secondary N) is 1. The summed E-state index contributed by atoms with van der Waals surface area (Å²) < 4.78 is 49.6. The van der Waals surface area contributed by atoms with Gasteiger partial charge in [0.1, 0.15) is 4.90 Å². The summed E-state index contributed by atoms with van der Waals surface area (Å²) in [5, 5.41) is 2.78. The van der Waals surface area contributed by atoms with Crippen molar-refractivity contribution in [2.24, 2.45) is 0 Å². The SMILES string of the molecule is CCN(CC)S(=O)(=O)c1cc(S(C)(=O)=O)ccc1NC. The van der Waals surface area contributed by atoms with Gasteiger partial charge >= 0.3 is 0 Å². The summed E-state index contributed by atoms with van der Waals surface area (Å²) in [6.45, 7) is 4.12. The van der Waals surface area contributed by atoms with Crippen LogP contribution in [0.2, 0.25) is 0 Å². The fourth-order valence-electron chi connectivity index (χ4n) is 1.86. The molecule has 0 bridgehead atoms. The highest BCUT2D eigenvalue weighted by molar-refractivity contribution is 7.91. The molecule has 0 aliphatic carbocycles. The highest BCUT2D eigenvalue weighted by atomic mass is 32.2. The average molecular weight is 320 g/mol. The molecule has 0 atom stereocenters. The first-order valence-electron chi connectivity index (χ1n) is 6.20. The molecule has 6 nitrogen and oxygen atoms in total. The van der Waals surface area contributed by atoms with Crippen LogP contribution in [0.1, 0.15) is 13.8 Å². The Morgan fingerprint density at radius 2 is 1.65 bits per heavy atom. The summed E-state index contributed by atoms with van der Waals surface area (Å²) >= 11 is 0. The number of hydrogen-bond acceptors (Lipinski definition) is 5. The lowest BCUT2D eigenvalue weighted by molar-refractivity contribution is 0.445. The molecule has 0 aliphatic rings. The van der Waals surface area contributed by atoms with Crippen LogP contribution in [0.5, 0.6) is 0 Å². The van der Waals surface area contributed by atoms with Gasteiger partial charge in [-0.2, -0.15) is 4.31 Å². The first-order chi connectivity index (χ1) is 9.18. The molecule has 0 radical (unpaired) electrons. The third-order valence-corrected chi connectivity index (χ3v) is 6.17. The van der Waals surface area contributed by atoms with E-state index in [-0.39, 0.29) is 9.79 Å². The molecule has 0 unspecified atom stereocenters. The molecule has 114 valence electrons. The van der Waals surface area contributed by atoms with E-state index in [2.05, 4.69) is 5.32 Å². The predicted octanol–water partition coefficient (Wildman–Crippen LogP) is 1.16. The molecule has 1 aromatic rings. The second-order valence-corrected chi connectivity index (χ2v) is 8.19. The molecule has 0 heterocycles. The zero-order valence-electron chi connectivity index (χ0n) is 12.0. The number of benzene rings is 1. The lowest BCUT2D eigenvalue weighted by Crippen LogP contribution is -2.31. The molecule has 20 heavy (non-hydrogen) atoms. The van der Waals surface area contributed by atoms with E-state index in [4.69, 9.17) is 0 Å². The van der Waals surface area contributed by atoms with Crippen molar-refractivity contribution >= 4 is 25.5 Å². The quantitative estimate of drug-likeness (QED) is 0.850. The minimum Gasteiger partial charge on any atom is -0.387 e. The average Bonchev–Trinajstić information content (AvgIpc) is 2.38. The van der Waals surface area contributed by atoms with E-state index in [1.807, 2.05) is 0 Å². The van der Waals surface area contributed by atoms with Gasteiger partial charge in [0.25, 0.3) is 0 Å². The van der Waals surface area contributed by atoms with Gasteiger partial charge in [0.15, 0.2) is 9.84 Å². The van der Waals surface area contributed by atoms with Gasteiger partial charge in [-0.25, -0.2) is 16.8 Å². The summed E-state index contributed by atoms with van der Waals surface area (Å²) in [4.78, 5) is -0.0335. The topological polar surface area (TPSA) is 83.6 Å². The van der Waals surface area contributed by atoms with Gasteiger partial charge in [0, 0.05) is 26.4 Å². The number of nitrogens with zero attached hydrogens (tertiary/aromatic N) is 1. The maximum absolute atomic E-state index is 12.5. The minimum atomic E-state index is -3.72. The summed E-state index contributed by atoms with van der Waals surface area (Å²) in [5.41, 5.74) is 0.379. The molecule has 0 spiro atoms. The minimum absolute atomic E-state index is 0.0118. The predicted molar refractivity (Wildman–Crippen MR) is 79.2 cm³/mol. The first-order valence-corrected chi connectivity index (χ1v) is 9.53. The molecule has 0 aromatic heterocycles. The Hall–Kier alpha value is -1.12. The Bertz CT molecular complexity index is 677. The Morgan fingerprint density at radius 3 is 2.05 bits per heavy atom. The van der Waals surface area contributed by atoms with E-state index in [1.54, 1.807) is 20.9 Å². The lowest BCUT2D eigenvalue weighted by atomic mass is 10.3. The number of sulfonamides is 1. The van der Waals surface area contributed by atoms with Crippen molar-refractivity contribution in [3.05, 3.63) is 18.2 Å². The second kappa shape index (κ2) is 6.11. The molecule has 8 heteroatoms. The number of hydrogen-bond donors (Lipinski definition) is 1. The molecular weight excluding hydrogens is 300 g/mol. The van der Waals surface area contributed by atoms with Crippen molar-refractivity contribution in [1.82, 2.24) is 4.31 Å². The van der Waals surface area contributed by atoms with Crippen molar-refractivity contribution in [2.45, 2.75) is 23.6 Å². The van der Waals surface area contributed by atoms with Crippen molar-refractivity contribution in [2.75, 3.05) is 31.7 Å². The normalized spacial score (nSPS) is 12.7. The van der Waals surface area contributed by atoms with Crippen LogP contribution in [0.25, 0.3) is 0 Å². The number of anilines is 1. The van der Waals surface area contributed by atoms with Crippen LogP contribution in [-0.4, -0.2) is 47.5 Å². The van der Waals surface area contributed by atoms with Crippen LogP contribution < -0.4 is 5.32 Å². The van der Waals surface area contributed by atoms with Gasteiger partial charge in [0.2, 0.25) is 10.0 Å². The van der Waals surface area contributed by atoms with E-state index in [0.29, 0.717) is 18.8 Å². The molecule has 1 N–H and O–H groups in total. The second-order valence-electron chi connectivity index (χ2n) is 4.27. The van der Waals surface area contributed by atoms with Crippen LogP contribution >= 0.6 is 0 Å². The van der Waals surface area contributed by atoms with E-state index in [1.165, 1.54) is 22.5 Å². The monoisotopic (exact) mass is 320 g/mol. The number of rotatable bonds is 6. The van der Waals surface area contributed by atoms with E-state index < -0.39 is 19.9 Å². The third-order valence-electron chi connectivity index (χ3n) is 2.97. The van der Waals surface area contributed by atoms with E-state index in [9.17, 15) is 16.8 Å². The summed E-state index contributed by atoms with van der Waals surface area (Å²) in [6.07, 6.45) is 1.05. The molecule has 0 saturated heterocycles. The van der Waals surface area contributed by atoms with Gasteiger partial charge in [-0.15, -0.1) is 0 Å². The zero-order valence-corrected chi connectivity index (χ0v) is 13.7. The molecule has 0 fully saturated rings. The lowest BCUT2D eigenvalue weighted by Gasteiger charge is -2.20. The van der Waals surface area contributed by atoms with Gasteiger partial charge in [0.05, 0.1) is 10.6 Å². The molecule has 0 saturated carbocycles. The summed E-state index contributed by atoms with van der Waals surface area (Å²) in [5.74, 6) is 0. The van der Waals surface area contributed by atoms with Crippen molar-refractivity contribution in [3.8, 4) is 0 Å².